The lowest BCUT2D eigenvalue weighted by Gasteiger charge is -2.18. The van der Waals surface area contributed by atoms with Crippen LogP contribution in [0.4, 0.5) is 0 Å². The summed E-state index contributed by atoms with van der Waals surface area (Å²) in [5, 5.41) is 0.684. The maximum absolute atomic E-state index is 12.2. The van der Waals surface area contributed by atoms with Gasteiger partial charge in [-0.25, -0.2) is 0 Å². The van der Waals surface area contributed by atoms with Crippen LogP contribution < -0.4 is 0 Å². The van der Waals surface area contributed by atoms with Crippen molar-refractivity contribution < 1.29 is 4.79 Å². The van der Waals surface area contributed by atoms with Gasteiger partial charge in [-0.1, -0.05) is 35.9 Å². The van der Waals surface area contributed by atoms with Crippen molar-refractivity contribution in [2.24, 2.45) is 0 Å². The van der Waals surface area contributed by atoms with Crippen LogP contribution in [0.1, 0.15) is 16.8 Å². The molecule has 2 aromatic rings. The maximum Gasteiger partial charge on any atom is 0.227 e. The van der Waals surface area contributed by atoms with Crippen molar-refractivity contribution in [1.29, 1.82) is 0 Å². The Bertz CT molecular complexity index is 596. The number of hydrogen-bond donors (Lipinski definition) is 0. The fourth-order valence-corrected chi connectivity index (χ4v) is 2.08. The Balaban J connectivity index is 1.99. The highest BCUT2D eigenvalue weighted by atomic mass is 35.5. The monoisotopic (exact) mass is 288 g/mol. The zero-order chi connectivity index (χ0) is 14.5. The molecule has 4 heteroatoms. The summed E-state index contributed by atoms with van der Waals surface area (Å²) in [6, 6.07) is 11.4. The number of pyridine rings is 1. The Morgan fingerprint density at radius 2 is 2.00 bits per heavy atom. The summed E-state index contributed by atoms with van der Waals surface area (Å²) >= 11 is 6.10. The molecule has 1 heterocycles. The quantitative estimate of drug-likeness (QED) is 0.865. The maximum atomic E-state index is 12.2. The molecule has 3 nitrogen and oxygen atoms in total. The summed E-state index contributed by atoms with van der Waals surface area (Å²) in [6.07, 6.45) is 2.10. The standard InChI is InChI=1S/C16H17ClN2O/c1-12-7-8-13(10-18-12)9-16(20)19(2)11-14-5-3-4-6-15(14)17/h3-8,10H,9,11H2,1-2H3. The molecule has 0 spiro atoms. The summed E-state index contributed by atoms with van der Waals surface area (Å²) in [7, 11) is 1.79. The van der Waals surface area contributed by atoms with Gasteiger partial charge in [-0.15, -0.1) is 0 Å². The SMILES string of the molecule is Cc1ccc(CC(=O)N(C)Cc2ccccc2Cl)cn1. The second-order valence-electron chi connectivity index (χ2n) is 4.83. The second-order valence-corrected chi connectivity index (χ2v) is 5.23. The lowest BCUT2D eigenvalue weighted by molar-refractivity contribution is -0.129. The molecular formula is C16H17ClN2O. The molecule has 0 saturated heterocycles. The topological polar surface area (TPSA) is 33.2 Å². The van der Waals surface area contributed by atoms with Gasteiger partial charge in [-0.05, 0) is 30.2 Å². The third kappa shape index (κ3) is 3.81. The van der Waals surface area contributed by atoms with Crippen molar-refractivity contribution in [3.05, 3.63) is 64.4 Å². The zero-order valence-electron chi connectivity index (χ0n) is 11.6. The minimum Gasteiger partial charge on any atom is -0.341 e. The molecule has 0 saturated carbocycles. The predicted octanol–water partition coefficient (Wildman–Crippen LogP) is 3.24. The summed E-state index contributed by atoms with van der Waals surface area (Å²) in [4.78, 5) is 18.0. The first-order chi connectivity index (χ1) is 9.56. The lowest BCUT2D eigenvalue weighted by Crippen LogP contribution is -2.27. The fraction of sp³-hybridized carbons (Fsp3) is 0.250. The molecule has 104 valence electrons. The summed E-state index contributed by atoms with van der Waals surface area (Å²) in [5.74, 6) is 0.0515. The molecule has 0 fully saturated rings. The van der Waals surface area contributed by atoms with E-state index in [1.807, 2.05) is 43.3 Å². The van der Waals surface area contributed by atoms with Gasteiger partial charge in [0.25, 0.3) is 0 Å². The number of aryl methyl sites for hydroxylation is 1. The van der Waals surface area contributed by atoms with Gasteiger partial charge in [-0.3, -0.25) is 9.78 Å². The van der Waals surface area contributed by atoms with Gasteiger partial charge in [0.1, 0.15) is 0 Å². The van der Waals surface area contributed by atoms with Crippen molar-refractivity contribution >= 4 is 17.5 Å². The molecule has 20 heavy (non-hydrogen) atoms. The van der Waals surface area contributed by atoms with Crippen LogP contribution in [0.2, 0.25) is 5.02 Å². The van der Waals surface area contributed by atoms with Gasteiger partial charge < -0.3 is 4.90 Å². The molecule has 1 amide bonds. The van der Waals surface area contributed by atoms with E-state index < -0.39 is 0 Å². The van der Waals surface area contributed by atoms with E-state index in [2.05, 4.69) is 4.98 Å². The summed E-state index contributed by atoms with van der Waals surface area (Å²) in [6.45, 7) is 2.44. The molecule has 0 atom stereocenters. The van der Waals surface area contributed by atoms with Gasteiger partial charge in [0.15, 0.2) is 0 Å². The number of likely N-dealkylation sites (N-methyl/N-ethyl adjacent to an activating group) is 1. The number of carbonyl (C=O) groups excluding carboxylic acids is 1. The first kappa shape index (κ1) is 14.5. The third-order valence-electron chi connectivity index (χ3n) is 3.12. The van der Waals surface area contributed by atoms with Gasteiger partial charge in [0, 0.05) is 30.5 Å². The molecule has 0 radical (unpaired) electrons. The molecule has 0 bridgehead atoms. The van der Waals surface area contributed by atoms with Crippen LogP contribution in [0.25, 0.3) is 0 Å². The smallest absolute Gasteiger partial charge is 0.227 e. The van der Waals surface area contributed by atoms with Crippen LogP contribution >= 0.6 is 11.6 Å². The number of halogens is 1. The van der Waals surface area contributed by atoms with E-state index in [0.29, 0.717) is 18.0 Å². The predicted molar refractivity (Wildman–Crippen MR) is 80.6 cm³/mol. The lowest BCUT2D eigenvalue weighted by atomic mass is 10.1. The van der Waals surface area contributed by atoms with E-state index in [9.17, 15) is 4.79 Å². The van der Waals surface area contributed by atoms with Crippen molar-refractivity contribution in [3.63, 3.8) is 0 Å². The van der Waals surface area contributed by atoms with Crippen LogP contribution in [0, 0.1) is 6.92 Å². The third-order valence-corrected chi connectivity index (χ3v) is 3.49. The minimum absolute atomic E-state index is 0.0515. The summed E-state index contributed by atoms with van der Waals surface area (Å²) < 4.78 is 0. The number of aromatic nitrogens is 1. The molecule has 0 aliphatic heterocycles. The average molecular weight is 289 g/mol. The molecule has 1 aromatic carbocycles. The minimum atomic E-state index is 0.0515. The fourth-order valence-electron chi connectivity index (χ4n) is 1.88. The van der Waals surface area contributed by atoms with Gasteiger partial charge in [0.05, 0.1) is 6.42 Å². The highest BCUT2D eigenvalue weighted by Gasteiger charge is 2.11. The van der Waals surface area contributed by atoms with Crippen LogP contribution in [0.15, 0.2) is 42.6 Å². The molecule has 2 rings (SSSR count). The highest BCUT2D eigenvalue weighted by Crippen LogP contribution is 2.16. The number of nitrogens with zero attached hydrogens (tertiary/aromatic N) is 2. The second kappa shape index (κ2) is 6.53. The number of carbonyl (C=O) groups is 1. The average Bonchev–Trinajstić information content (AvgIpc) is 2.44. The van der Waals surface area contributed by atoms with E-state index >= 15 is 0 Å². The summed E-state index contributed by atoms with van der Waals surface area (Å²) in [5.41, 5.74) is 2.82. The molecule has 0 unspecified atom stereocenters. The Morgan fingerprint density at radius 1 is 1.25 bits per heavy atom. The van der Waals surface area contributed by atoms with Crippen molar-refractivity contribution in [2.45, 2.75) is 19.9 Å². The number of benzene rings is 1. The molecular weight excluding hydrogens is 272 g/mol. The first-order valence-corrected chi connectivity index (χ1v) is 6.83. The Kier molecular flexibility index (Phi) is 4.74. The van der Waals surface area contributed by atoms with Crippen molar-refractivity contribution in [3.8, 4) is 0 Å². The number of rotatable bonds is 4. The highest BCUT2D eigenvalue weighted by molar-refractivity contribution is 6.31. The van der Waals surface area contributed by atoms with E-state index in [1.54, 1.807) is 18.1 Å². The molecule has 0 N–H and O–H groups in total. The van der Waals surface area contributed by atoms with Gasteiger partial charge in [0.2, 0.25) is 5.91 Å². The zero-order valence-corrected chi connectivity index (χ0v) is 12.4. The first-order valence-electron chi connectivity index (χ1n) is 6.45. The van der Waals surface area contributed by atoms with Crippen LogP contribution in [-0.4, -0.2) is 22.8 Å². The van der Waals surface area contributed by atoms with Crippen molar-refractivity contribution in [2.75, 3.05) is 7.05 Å². The van der Waals surface area contributed by atoms with E-state index in [4.69, 9.17) is 11.6 Å². The largest absolute Gasteiger partial charge is 0.341 e. The van der Waals surface area contributed by atoms with E-state index in [1.165, 1.54) is 0 Å². The Labute approximate surface area is 124 Å². The Morgan fingerprint density at radius 3 is 2.65 bits per heavy atom. The van der Waals surface area contributed by atoms with E-state index in [-0.39, 0.29) is 5.91 Å². The van der Waals surface area contributed by atoms with Crippen LogP contribution in [0.5, 0.6) is 0 Å². The Hall–Kier alpha value is -1.87. The molecule has 1 aromatic heterocycles. The number of amides is 1. The molecule has 0 aliphatic rings. The van der Waals surface area contributed by atoms with Crippen LogP contribution in [0.3, 0.4) is 0 Å². The van der Waals surface area contributed by atoms with E-state index in [0.717, 1.165) is 16.8 Å². The van der Waals surface area contributed by atoms with Gasteiger partial charge >= 0.3 is 0 Å². The van der Waals surface area contributed by atoms with Gasteiger partial charge in [-0.2, -0.15) is 0 Å². The normalized spacial score (nSPS) is 10.3. The molecule has 0 aliphatic carbocycles. The van der Waals surface area contributed by atoms with Crippen LogP contribution in [-0.2, 0) is 17.8 Å². The number of hydrogen-bond acceptors (Lipinski definition) is 2. The van der Waals surface area contributed by atoms with Crippen molar-refractivity contribution in [1.82, 2.24) is 9.88 Å².